The minimum atomic E-state index is 0.165. The highest BCUT2D eigenvalue weighted by molar-refractivity contribution is 5.79. The van der Waals surface area contributed by atoms with Crippen molar-refractivity contribution in [2.75, 3.05) is 26.2 Å². The van der Waals surface area contributed by atoms with Crippen molar-refractivity contribution >= 4 is 11.6 Å². The van der Waals surface area contributed by atoms with Crippen molar-refractivity contribution in [1.29, 1.82) is 0 Å². The number of hydrogen-bond donors (Lipinski definition) is 0. The Kier molecular flexibility index (Phi) is 5.48. The Hall–Kier alpha value is -1.88. The first-order valence-electron chi connectivity index (χ1n) is 10.6. The van der Waals surface area contributed by atoms with Crippen molar-refractivity contribution in [1.82, 2.24) is 19.2 Å². The average Bonchev–Trinajstić information content (AvgIpc) is 2.85. The van der Waals surface area contributed by atoms with Gasteiger partial charge in [-0.1, -0.05) is 12.8 Å². The van der Waals surface area contributed by atoms with Gasteiger partial charge in [0, 0.05) is 32.4 Å². The summed E-state index contributed by atoms with van der Waals surface area (Å²) in [5.41, 5.74) is 4.62. The van der Waals surface area contributed by atoms with Crippen molar-refractivity contribution in [3.05, 3.63) is 35.3 Å². The van der Waals surface area contributed by atoms with Crippen molar-refractivity contribution in [3.63, 3.8) is 0 Å². The number of pyridine rings is 1. The fraction of sp³-hybridized carbons (Fsp3) is 0.636. The molecule has 4 heterocycles. The lowest BCUT2D eigenvalue weighted by molar-refractivity contribution is -0.137. The highest BCUT2D eigenvalue weighted by atomic mass is 16.2. The molecule has 2 fully saturated rings. The van der Waals surface area contributed by atoms with E-state index in [1.165, 1.54) is 36.9 Å². The molecule has 0 saturated carbocycles. The molecule has 5 heteroatoms. The molecule has 0 unspecified atom stereocenters. The molecule has 1 amide bonds. The number of fused-ring (bicyclic) bond motifs is 1. The number of piperidine rings is 1. The minimum absolute atomic E-state index is 0.165. The normalized spacial score (nSPS) is 22.1. The molecule has 4 rings (SSSR count). The summed E-state index contributed by atoms with van der Waals surface area (Å²) in [6.45, 7) is 8.95. The Morgan fingerprint density at radius 2 is 1.89 bits per heavy atom. The lowest BCUT2D eigenvalue weighted by Crippen LogP contribution is -2.45. The van der Waals surface area contributed by atoms with Crippen LogP contribution in [0.15, 0.2) is 18.3 Å². The van der Waals surface area contributed by atoms with Crippen LogP contribution in [0, 0.1) is 19.8 Å². The molecule has 27 heavy (non-hydrogen) atoms. The SMILES string of the molecule is Cc1ccn2c(CN3CCC[C@H](C(=O)N4CCCCCC4)C3)c(C)nc2c1. The number of imidazole rings is 1. The molecule has 2 aromatic heterocycles. The van der Waals surface area contributed by atoms with Crippen LogP contribution in [-0.4, -0.2) is 51.3 Å². The van der Waals surface area contributed by atoms with Crippen molar-refractivity contribution in [2.24, 2.45) is 5.92 Å². The Labute approximate surface area is 162 Å². The van der Waals surface area contributed by atoms with Gasteiger partial charge < -0.3 is 9.30 Å². The Morgan fingerprint density at radius 1 is 1.11 bits per heavy atom. The zero-order valence-corrected chi connectivity index (χ0v) is 16.8. The molecule has 2 saturated heterocycles. The monoisotopic (exact) mass is 368 g/mol. The molecule has 0 aliphatic carbocycles. The molecule has 146 valence electrons. The number of hydrogen-bond acceptors (Lipinski definition) is 3. The summed E-state index contributed by atoms with van der Waals surface area (Å²) in [4.78, 5) is 22.4. The van der Waals surface area contributed by atoms with Gasteiger partial charge in [-0.05, 0) is 63.8 Å². The van der Waals surface area contributed by atoms with E-state index < -0.39 is 0 Å². The number of likely N-dealkylation sites (tertiary alicyclic amines) is 2. The van der Waals surface area contributed by atoms with Crippen LogP contribution in [0.2, 0.25) is 0 Å². The van der Waals surface area contributed by atoms with E-state index in [0.717, 1.165) is 56.9 Å². The predicted molar refractivity (Wildman–Crippen MR) is 108 cm³/mol. The Balaban J connectivity index is 1.46. The lowest BCUT2D eigenvalue weighted by Gasteiger charge is -2.34. The molecule has 0 bridgehead atoms. The number of aromatic nitrogens is 2. The van der Waals surface area contributed by atoms with Crippen LogP contribution >= 0.6 is 0 Å². The van der Waals surface area contributed by atoms with Gasteiger partial charge >= 0.3 is 0 Å². The van der Waals surface area contributed by atoms with Crippen LogP contribution in [0.3, 0.4) is 0 Å². The third-order valence-electron chi connectivity index (χ3n) is 6.23. The minimum Gasteiger partial charge on any atom is -0.342 e. The summed E-state index contributed by atoms with van der Waals surface area (Å²) < 4.78 is 2.21. The van der Waals surface area contributed by atoms with Gasteiger partial charge in [-0.15, -0.1) is 0 Å². The number of aryl methyl sites for hydroxylation is 2. The second-order valence-electron chi connectivity index (χ2n) is 8.39. The maximum absolute atomic E-state index is 13.1. The summed E-state index contributed by atoms with van der Waals surface area (Å²) >= 11 is 0. The van der Waals surface area contributed by atoms with Crippen LogP contribution in [0.4, 0.5) is 0 Å². The number of nitrogens with zero attached hydrogens (tertiary/aromatic N) is 4. The van der Waals surface area contributed by atoms with E-state index in [1.54, 1.807) is 0 Å². The quantitative estimate of drug-likeness (QED) is 0.832. The fourth-order valence-corrected chi connectivity index (χ4v) is 4.67. The third kappa shape index (κ3) is 4.03. The topological polar surface area (TPSA) is 40.9 Å². The van der Waals surface area contributed by atoms with Crippen LogP contribution in [0.25, 0.3) is 5.65 Å². The van der Waals surface area contributed by atoms with Crippen molar-refractivity contribution in [2.45, 2.75) is 58.9 Å². The van der Waals surface area contributed by atoms with Gasteiger partial charge in [0.1, 0.15) is 5.65 Å². The van der Waals surface area contributed by atoms with Crippen LogP contribution < -0.4 is 0 Å². The molecular weight excluding hydrogens is 336 g/mol. The molecule has 2 aliphatic heterocycles. The van der Waals surface area contributed by atoms with E-state index in [0.29, 0.717) is 5.91 Å². The van der Waals surface area contributed by atoms with Gasteiger partial charge in [-0.3, -0.25) is 9.69 Å². The van der Waals surface area contributed by atoms with E-state index in [2.05, 4.69) is 46.4 Å². The second-order valence-corrected chi connectivity index (χ2v) is 8.39. The summed E-state index contributed by atoms with van der Waals surface area (Å²) in [6.07, 6.45) is 9.16. The zero-order chi connectivity index (χ0) is 18.8. The molecule has 2 aliphatic rings. The first-order chi connectivity index (χ1) is 13.1. The van der Waals surface area contributed by atoms with Crippen molar-refractivity contribution < 1.29 is 4.79 Å². The standard InChI is InChI=1S/C22H32N4O/c1-17-9-13-26-20(18(2)23-21(26)14-17)16-24-10-7-8-19(15-24)22(27)25-11-5-3-4-6-12-25/h9,13-14,19H,3-8,10-12,15-16H2,1-2H3/t19-/m0/s1. The van der Waals surface area contributed by atoms with Gasteiger partial charge in [0.15, 0.2) is 0 Å². The summed E-state index contributed by atoms with van der Waals surface area (Å²) in [5.74, 6) is 0.561. The lowest BCUT2D eigenvalue weighted by atomic mass is 9.96. The van der Waals surface area contributed by atoms with Crippen LogP contribution in [-0.2, 0) is 11.3 Å². The van der Waals surface area contributed by atoms with Gasteiger partial charge in [0.05, 0.1) is 17.3 Å². The first kappa shape index (κ1) is 18.5. The van der Waals surface area contributed by atoms with Crippen LogP contribution in [0.1, 0.15) is 55.5 Å². The highest BCUT2D eigenvalue weighted by Crippen LogP contribution is 2.24. The highest BCUT2D eigenvalue weighted by Gasteiger charge is 2.30. The van der Waals surface area contributed by atoms with Crippen molar-refractivity contribution in [3.8, 4) is 0 Å². The number of carbonyl (C=O) groups is 1. The predicted octanol–water partition coefficient (Wildman–Crippen LogP) is 3.57. The van der Waals surface area contributed by atoms with Gasteiger partial charge in [-0.25, -0.2) is 4.98 Å². The number of carbonyl (C=O) groups excluding carboxylic acids is 1. The molecule has 0 N–H and O–H groups in total. The first-order valence-corrected chi connectivity index (χ1v) is 10.6. The van der Waals surface area contributed by atoms with E-state index in [1.807, 2.05) is 0 Å². The van der Waals surface area contributed by atoms with E-state index in [9.17, 15) is 4.79 Å². The van der Waals surface area contributed by atoms with Gasteiger partial charge in [0.2, 0.25) is 5.91 Å². The summed E-state index contributed by atoms with van der Waals surface area (Å²) in [7, 11) is 0. The molecule has 0 radical (unpaired) electrons. The molecule has 5 nitrogen and oxygen atoms in total. The van der Waals surface area contributed by atoms with Crippen LogP contribution in [0.5, 0.6) is 0 Å². The molecule has 2 aromatic rings. The van der Waals surface area contributed by atoms with E-state index in [4.69, 9.17) is 4.98 Å². The second kappa shape index (κ2) is 8.01. The van der Waals surface area contributed by atoms with E-state index >= 15 is 0 Å². The molecule has 1 atom stereocenters. The third-order valence-corrected chi connectivity index (χ3v) is 6.23. The zero-order valence-electron chi connectivity index (χ0n) is 16.8. The maximum atomic E-state index is 13.1. The molecular formula is C22H32N4O. The molecule has 0 spiro atoms. The Bertz CT molecular complexity index is 804. The van der Waals surface area contributed by atoms with Gasteiger partial charge in [0.25, 0.3) is 0 Å². The fourth-order valence-electron chi connectivity index (χ4n) is 4.67. The van der Waals surface area contributed by atoms with E-state index in [-0.39, 0.29) is 5.92 Å². The summed E-state index contributed by atoms with van der Waals surface area (Å²) in [6, 6.07) is 4.28. The Morgan fingerprint density at radius 3 is 2.67 bits per heavy atom. The smallest absolute Gasteiger partial charge is 0.226 e. The molecule has 0 aromatic carbocycles. The van der Waals surface area contributed by atoms with Gasteiger partial charge in [-0.2, -0.15) is 0 Å². The average molecular weight is 369 g/mol. The maximum Gasteiger partial charge on any atom is 0.226 e. The summed E-state index contributed by atoms with van der Waals surface area (Å²) in [5, 5.41) is 0. The number of amides is 1. The number of rotatable bonds is 3. The largest absolute Gasteiger partial charge is 0.342 e.